The first kappa shape index (κ1) is 12.7. The van der Waals surface area contributed by atoms with Gasteiger partial charge in [-0.05, 0) is 38.2 Å². The van der Waals surface area contributed by atoms with Crippen molar-refractivity contribution < 1.29 is 9.90 Å². The van der Waals surface area contributed by atoms with Gasteiger partial charge in [-0.3, -0.25) is 9.69 Å². The molecule has 19 heavy (non-hydrogen) atoms. The molecule has 4 atom stereocenters. The van der Waals surface area contributed by atoms with Gasteiger partial charge in [-0.25, -0.2) is 0 Å². The Labute approximate surface area is 114 Å². The van der Waals surface area contributed by atoms with Crippen LogP contribution in [0.3, 0.4) is 0 Å². The normalized spacial score (nSPS) is 31.5. The van der Waals surface area contributed by atoms with E-state index in [0.29, 0.717) is 12.1 Å². The molecule has 4 unspecified atom stereocenters. The molecule has 3 rings (SSSR count). The van der Waals surface area contributed by atoms with Crippen LogP contribution in [0.1, 0.15) is 31.7 Å². The van der Waals surface area contributed by atoms with E-state index in [9.17, 15) is 9.90 Å². The van der Waals surface area contributed by atoms with Crippen molar-refractivity contribution in [2.45, 2.75) is 50.7 Å². The highest BCUT2D eigenvalue weighted by Gasteiger charge is 2.50. The van der Waals surface area contributed by atoms with Gasteiger partial charge in [0.15, 0.2) is 0 Å². The number of hydrogen-bond donors (Lipinski definition) is 1. The number of benzene rings is 1. The number of rotatable bonds is 4. The van der Waals surface area contributed by atoms with Gasteiger partial charge in [0.1, 0.15) is 0 Å². The zero-order chi connectivity index (χ0) is 13.4. The monoisotopic (exact) mass is 259 g/mol. The predicted octanol–water partition coefficient (Wildman–Crippen LogP) is 2.56. The number of nitrogens with zero attached hydrogens (tertiary/aromatic N) is 1. The van der Waals surface area contributed by atoms with Crippen LogP contribution in [0.25, 0.3) is 0 Å². The van der Waals surface area contributed by atoms with E-state index in [4.69, 9.17) is 0 Å². The average Bonchev–Trinajstić information content (AvgIpc) is 2.97. The van der Waals surface area contributed by atoms with E-state index < -0.39 is 5.97 Å². The van der Waals surface area contributed by atoms with Crippen molar-refractivity contribution in [1.82, 2.24) is 4.90 Å². The minimum Gasteiger partial charge on any atom is -0.481 e. The highest BCUT2D eigenvalue weighted by molar-refractivity contribution is 5.71. The highest BCUT2D eigenvalue weighted by Crippen LogP contribution is 2.43. The van der Waals surface area contributed by atoms with Crippen molar-refractivity contribution >= 4 is 5.97 Å². The molecule has 2 aliphatic rings. The molecule has 0 aromatic heterocycles. The maximum Gasteiger partial charge on any atom is 0.308 e. The Morgan fingerprint density at radius 3 is 2.74 bits per heavy atom. The van der Waals surface area contributed by atoms with E-state index >= 15 is 0 Å². The lowest BCUT2D eigenvalue weighted by atomic mass is 9.89. The Morgan fingerprint density at radius 1 is 1.37 bits per heavy atom. The summed E-state index contributed by atoms with van der Waals surface area (Å²) in [6, 6.07) is 11.7. The molecule has 1 aromatic carbocycles. The van der Waals surface area contributed by atoms with Crippen LogP contribution in [0.5, 0.6) is 0 Å². The number of hydrogen-bond acceptors (Lipinski definition) is 2. The summed E-state index contributed by atoms with van der Waals surface area (Å²) < 4.78 is 0. The van der Waals surface area contributed by atoms with Crippen molar-refractivity contribution in [2.24, 2.45) is 5.92 Å². The van der Waals surface area contributed by atoms with Gasteiger partial charge >= 0.3 is 5.97 Å². The molecule has 2 fully saturated rings. The lowest BCUT2D eigenvalue weighted by molar-refractivity contribution is -0.142. The van der Waals surface area contributed by atoms with Gasteiger partial charge < -0.3 is 5.11 Å². The van der Waals surface area contributed by atoms with Crippen molar-refractivity contribution in [3.63, 3.8) is 0 Å². The molecular formula is C16H21NO2. The van der Waals surface area contributed by atoms with Crippen LogP contribution in [0.15, 0.2) is 30.3 Å². The zero-order valence-electron chi connectivity index (χ0n) is 11.3. The highest BCUT2D eigenvalue weighted by atomic mass is 16.4. The Hall–Kier alpha value is -1.35. The molecule has 3 heteroatoms. The Kier molecular flexibility index (Phi) is 3.31. The van der Waals surface area contributed by atoms with Crippen LogP contribution in [-0.4, -0.2) is 34.1 Å². The van der Waals surface area contributed by atoms with E-state index in [0.717, 1.165) is 19.3 Å². The van der Waals surface area contributed by atoms with E-state index in [1.54, 1.807) is 0 Å². The lowest BCUT2D eigenvalue weighted by Crippen LogP contribution is -2.40. The molecule has 2 heterocycles. The van der Waals surface area contributed by atoms with Crippen molar-refractivity contribution in [3.8, 4) is 0 Å². The number of carbonyl (C=O) groups is 1. The maximum absolute atomic E-state index is 11.3. The third-order valence-corrected chi connectivity index (χ3v) is 4.79. The third kappa shape index (κ3) is 2.27. The van der Waals surface area contributed by atoms with Crippen LogP contribution < -0.4 is 0 Å². The molecule has 1 N–H and O–H groups in total. The standard InChI is InChI=1S/C16H21NO2/c1-11(9-12-5-3-2-4-6-12)17-13-7-8-15(17)14(10-13)16(18)19/h2-6,11,13-15H,7-10H2,1H3,(H,18,19). The Balaban J connectivity index is 1.71. The summed E-state index contributed by atoms with van der Waals surface area (Å²) in [5, 5.41) is 9.30. The van der Waals surface area contributed by atoms with Gasteiger partial charge in [-0.15, -0.1) is 0 Å². The third-order valence-electron chi connectivity index (χ3n) is 4.79. The largest absolute Gasteiger partial charge is 0.481 e. The summed E-state index contributed by atoms with van der Waals surface area (Å²) in [5.74, 6) is -0.749. The van der Waals surface area contributed by atoms with E-state index in [1.165, 1.54) is 12.0 Å². The van der Waals surface area contributed by atoms with Gasteiger partial charge in [0.05, 0.1) is 5.92 Å². The van der Waals surface area contributed by atoms with E-state index in [2.05, 4.69) is 36.1 Å². The molecule has 2 saturated heterocycles. The SMILES string of the molecule is CC(Cc1ccccc1)N1C2CCC1C(C(=O)O)C2. The quantitative estimate of drug-likeness (QED) is 0.903. The van der Waals surface area contributed by atoms with Crippen LogP contribution in [0.4, 0.5) is 0 Å². The minimum absolute atomic E-state index is 0.142. The second-order valence-corrected chi connectivity index (χ2v) is 5.96. The van der Waals surface area contributed by atoms with E-state index in [-0.39, 0.29) is 12.0 Å². The maximum atomic E-state index is 11.3. The fraction of sp³-hybridized carbons (Fsp3) is 0.562. The van der Waals surface area contributed by atoms with Gasteiger partial charge in [0.2, 0.25) is 0 Å². The molecule has 0 radical (unpaired) electrons. The fourth-order valence-corrected chi connectivity index (χ4v) is 4.04. The molecule has 102 valence electrons. The van der Waals surface area contributed by atoms with Gasteiger partial charge in [0, 0.05) is 18.1 Å². The Bertz CT molecular complexity index is 459. The summed E-state index contributed by atoms with van der Waals surface area (Å²) in [6.45, 7) is 2.24. The molecule has 0 saturated carbocycles. The fourth-order valence-electron chi connectivity index (χ4n) is 4.04. The molecule has 2 aliphatic heterocycles. The van der Waals surface area contributed by atoms with Gasteiger partial charge in [0.25, 0.3) is 0 Å². The first-order valence-electron chi connectivity index (χ1n) is 7.21. The molecule has 0 amide bonds. The van der Waals surface area contributed by atoms with Gasteiger partial charge in [-0.2, -0.15) is 0 Å². The number of fused-ring (bicyclic) bond motifs is 2. The molecule has 0 spiro atoms. The second-order valence-electron chi connectivity index (χ2n) is 5.96. The van der Waals surface area contributed by atoms with Crippen LogP contribution >= 0.6 is 0 Å². The predicted molar refractivity (Wildman–Crippen MR) is 74.0 cm³/mol. The zero-order valence-corrected chi connectivity index (χ0v) is 11.3. The molecule has 3 nitrogen and oxygen atoms in total. The number of carboxylic acid groups (broad SMARTS) is 1. The van der Waals surface area contributed by atoms with Crippen molar-refractivity contribution in [2.75, 3.05) is 0 Å². The van der Waals surface area contributed by atoms with E-state index in [1.807, 2.05) is 6.07 Å². The summed E-state index contributed by atoms with van der Waals surface area (Å²) >= 11 is 0. The van der Waals surface area contributed by atoms with Crippen LogP contribution in [-0.2, 0) is 11.2 Å². The number of carboxylic acids is 1. The minimum atomic E-state index is -0.607. The average molecular weight is 259 g/mol. The van der Waals surface area contributed by atoms with Gasteiger partial charge in [-0.1, -0.05) is 30.3 Å². The molecule has 1 aromatic rings. The van der Waals surface area contributed by atoms with Crippen LogP contribution in [0.2, 0.25) is 0 Å². The van der Waals surface area contributed by atoms with Crippen molar-refractivity contribution in [1.29, 1.82) is 0 Å². The molecule has 0 aliphatic carbocycles. The first-order valence-corrected chi connectivity index (χ1v) is 7.21. The second kappa shape index (κ2) is 4.97. The lowest BCUT2D eigenvalue weighted by Gasteiger charge is -2.29. The Morgan fingerprint density at radius 2 is 2.11 bits per heavy atom. The topological polar surface area (TPSA) is 40.5 Å². The van der Waals surface area contributed by atoms with Crippen molar-refractivity contribution in [3.05, 3.63) is 35.9 Å². The summed E-state index contributed by atoms with van der Waals surface area (Å²) in [5.41, 5.74) is 1.34. The summed E-state index contributed by atoms with van der Waals surface area (Å²) in [6.07, 6.45) is 4.09. The molecule has 2 bridgehead atoms. The summed E-state index contributed by atoms with van der Waals surface area (Å²) in [7, 11) is 0. The molecular weight excluding hydrogens is 238 g/mol. The van der Waals surface area contributed by atoms with Crippen LogP contribution in [0, 0.1) is 5.92 Å². The number of aliphatic carboxylic acids is 1. The first-order chi connectivity index (χ1) is 9.16. The smallest absolute Gasteiger partial charge is 0.308 e. The summed E-state index contributed by atoms with van der Waals surface area (Å²) in [4.78, 5) is 13.8.